The van der Waals surface area contributed by atoms with E-state index < -0.39 is 17.5 Å². The molecule has 5 heteroatoms. The third-order valence-corrected chi connectivity index (χ3v) is 5.53. The van der Waals surface area contributed by atoms with Crippen molar-refractivity contribution in [2.24, 2.45) is 5.73 Å². The molecule has 0 unspecified atom stereocenters. The predicted octanol–water partition coefficient (Wildman–Crippen LogP) is 5.54. The molecule has 0 bridgehead atoms. The topological polar surface area (TPSA) is 43.1 Å². The van der Waals surface area contributed by atoms with Crippen LogP contribution in [-0.2, 0) is 6.42 Å². The summed E-state index contributed by atoms with van der Waals surface area (Å²) in [6.45, 7) is 0. The van der Waals surface area contributed by atoms with E-state index in [2.05, 4.69) is 6.07 Å². The van der Waals surface area contributed by atoms with E-state index in [1.165, 1.54) is 6.07 Å². The van der Waals surface area contributed by atoms with Gasteiger partial charge in [0.1, 0.15) is 0 Å². The Morgan fingerprint density at radius 1 is 0.926 bits per heavy atom. The minimum absolute atomic E-state index is 0.460. The summed E-state index contributed by atoms with van der Waals surface area (Å²) in [5.74, 6) is -2.14. The fourth-order valence-electron chi connectivity index (χ4n) is 3.14. The van der Waals surface area contributed by atoms with Crippen molar-refractivity contribution < 1.29 is 13.6 Å². The second kappa shape index (κ2) is 6.93. The van der Waals surface area contributed by atoms with Crippen LogP contribution < -0.4 is 5.73 Å². The maximum atomic E-state index is 13.5. The van der Waals surface area contributed by atoms with Crippen molar-refractivity contribution in [1.29, 1.82) is 0 Å². The van der Waals surface area contributed by atoms with E-state index in [0.717, 1.165) is 37.7 Å². The summed E-state index contributed by atoms with van der Waals surface area (Å²) in [6.07, 6.45) is 0.525. The van der Waals surface area contributed by atoms with Gasteiger partial charge < -0.3 is 5.73 Å². The zero-order valence-electron chi connectivity index (χ0n) is 14.2. The summed E-state index contributed by atoms with van der Waals surface area (Å²) >= 11 is 1.61. The highest BCUT2D eigenvalue weighted by molar-refractivity contribution is 7.19. The van der Waals surface area contributed by atoms with E-state index in [0.29, 0.717) is 12.0 Å². The molecule has 0 radical (unpaired) electrons. The third kappa shape index (κ3) is 3.46. The van der Waals surface area contributed by atoms with Crippen molar-refractivity contribution in [2.45, 2.75) is 6.42 Å². The summed E-state index contributed by atoms with van der Waals surface area (Å²) in [5, 5.41) is 1.06. The maximum absolute atomic E-state index is 13.5. The van der Waals surface area contributed by atoms with E-state index in [-0.39, 0.29) is 0 Å². The molecular weight excluding hydrogens is 364 g/mol. The highest BCUT2D eigenvalue weighted by atomic mass is 32.1. The molecule has 1 aromatic heterocycles. The number of amides is 1. The molecule has 0 aliphatic rings. The van der Waals surface area contributed by atoms with Gasteiger partial charge in [0.15, 0.2) is 11.6 Å². The second-order valence-corrected chi connectivity index (χ2v) is 7.47. The Bertz CT molecular complexity index is 1170. The van der Waals surface area contributed by atoms with Gasteiger partial charge in [0, 0.05) is 26.9 Å². The molecule has 0 atom stereocenters. The standard InChI is InChI=1S/C22H15F2NOS/c23-19-8-7-13(10-20(19)24)9-16-12-18-17(5-2-6-21(18)27-16)14-3-1-4-15(11-14)22(25)26/h1-8,10-12H,9H2,(H2,25,26). The molecule has 4 rings (SSSR count). The van der Waals surface area contributed by atoms with Crippen LogP contribution in [0.1, 0.15) is 20.8 Å². The van der Waals surface area contributed by atoms with Crippen LogP contribution in [0.25, 0.3) is 21.2 Å². The van der Waals surface area contributed by atoms with Gasteiger partial charge >= 0.3 is 0 Å². The first kappa shape index (κ1) is 17.4. The van der Waals surface area contributed by atoms with Gasteiger partial charge in [-0.3, -0.25) is 4.79 Å². The Kier molecular flexibility index (Phi) is 4.46. The summed E-state index contributed by atoms with van der Waals surface area (Å²) in [5.41, 5.74) is 8.49. The minimum atomic E-state index is -0.841. The first-order valence-corrected chi connectivity index (χ1v) is 9.18. The Hall–Kier alpha value is -3.05. The van der Waals surface area contributed by atoms with Crippen molar-refractivity contribution in [1.82, 2.24) is 0 Å². The number of primary amides is 1. The van der Waals surface area contributed by atoms with Crippen LogP contribution in [-0.4, -0.2) is 5.91 Å². The molecule has 0 aliphatic carbocycles. The molecule has 4 aromatic rings. The SMILES string of the molecule is NC(=O)c1cccc(-c2cccc3sc(Cc4ccc(F)c(F)c4)cc23)c1. The maximum Gasteiger partial charge on any atom is 0.248 e. The Labute approximate surface area is 158 Å². The van der Waals surface area contributed by atoms with E-state index in [1.807, 2.05) is 30.3 Å². The van der Waals surface area contributed by atoms with Crippen LogP contribution in [0.2, 0.25) is 0 Å². The zero-order chi connectivity index (χ0) is 19.0. The molecule has 0 saturated carbocycles. The smallest absolute Gasteiger partial charge is 0.248 e. The quantitative estimate of drug-likeness (QED) is 0.497. The minimum Gasteiger partial charge on any atom is -0.366 e. The molecule has 0 spiro atoms. The number of thiophene rings is 1. The lowest BCUT2D eigenvalue weighted by Gasteiger charge is -2.05. The Morgan fingerprint density at radius 3 is 2.52 bits per heavy atom. The number of fused-ring (bicyclic) bond motifs is 1. The molecule has 0 aliphatic heterocycles. The lowest BCUT2D eigenvalue weighted by atomic mass is 9.99. The largest absolute Gasteiger partial charge is 0.366 e. The van der Waals surface area contributed by atoms with Gasteiger partial charge in [-0.05, 0) is 53.1 Å². The van der Waals surface area contributed by atoms with Crippen LogP contribution in [0.4, 0.5) is 8.78 Å². The highest BCUT2D eigenvalue weighted by Gasteiger charge is 2.11. The summed E-state index contributed by atoms with van der Waals surface area (Å²) < 4.78 is 27.7. The number of carbonyl (C=O) groups excluding carboxylic acids is 1. The predicted molar refractivity (Wildman–Crippen MR) is 105 cm³/mol. The average molecular weight is 379 g/mol. The average Bonchev–Trinajstić information content (AvgIpc) is 3.07. The van der Waals surface area contributed by atoms with Crippen LogP contribution in [0, 0.1) is 11.6 Å². The lowest BCUT2D eigenvalue weighted by molar-refractivity contribution is 0.100. The molecule has 27 heavy (non-hydrogen) atoms. The number of halogens is 2. The molecule has 0 saturated heterocycles. The fraction of sp³-hybridized carbons (Fsp3) is 0.0455. The number of hydrogen-bond donors (Lipinski definition) is 1. The summed E-state index contributed by atoms with van der Waals surface area (Å²) in [7, 11) is 0. The van der Waals surface area contributed by atoms with E-state index in [4.69, 9.17) is 5.73 Å². The van der Waals surface area contributed by atoms with Crippen LogP contribution in [0.5, 0.6) is 0 Å². The fourth-order valence-corrected chi connectivity index (χ4v) is 4.27. The van der Waals surface area contributed by atoms with E-state index in [9.17, 15) is 13.6 Å². The van der Waals surface area contributed by atoms with Crippen LogP contribution in [0.3, 0.4) is 0 Å². The van der Waals surface area contributed by atoms with Crippen molar-refractivity contribution in [3.63, 3.8) is 0 Å². The van der Waals surface area contributed by atoms with Gasteiger partial charge in [0.2, 0.25) is 5.91 Å². The molecule has 134 valence electrons. The summed E-state index contributed by atoms with van der Waals surface area (Å²) in [4.78, 5) is 12.5. The van der Waals surface area contributed by atoms with Crippen molar-refractivity contribution in [2.75, 3.05) is 0 Å². The lowest BCUT2D eigenvalue weighted by Crippen LogP contribution is -2.10. The van der Waals surface area contributed by atoms with Crippen molar-refractivity contribution in [3.05, 3.63) is 94.4 Å². The second-order valence-electron chi connectivity index (χ2n) is 6.30. The van der Waals surface area contributed by atoms with Crippen molar-refractivity contribution in [3.8, 4) is 11.1 Å². The summed E-state index contributed by atoms with van der Waals surface area (Å²) in [6, 6.07) is 19.2. The first-order valence-electron chi connectivity index (χ1n) is 8.37. The third-order valence-electron chi connectivity index (χ3n) is 4.43. The van der Waals surface area contributed by atoms with Gasteiger partial charge in [-0.15, -0.1) is 11.3 Å². The molecule has 0 fully saturated rings. The first-order chi connectivity index (χ1) is 13.0. The van der Waals surface area contributed by atoms with Gasteiger partial charge in [-0.2, -0.15) is 0 Å². The molecular formula is C22H15F2NOS. The van der Waals surface area contributed by atoms with E-state index in [1.54, 1.807) is 29.5 Å². The monoisotopic (exact) mass is 379 g/mol. The number of carbonyl (C=O) groups is 1. The van der Waals surface area contributed by atoms with Crippen LogP contribution >= 0.6 is 11.3 Å². The number of benzene rings is 3. The molecule has 3 aromatic carbocycles. The molecule has 1 amide bonds. The van der Waals surface area contributed by atoms with Crippen molar-refractivity contribution >= 4 is 27.3 Å². The normalized spacial score (nSPS) is 11.0. The number of hydrogen-bond acceptors (Lipinski definition) is 2. The highest BCUT2D eigenvalue weighted by Crippen LogP contribution is 2.35. The van der Waals surface area contributed by atoms with Gasteiger partial charge in [-0.1, -0.05) is 30.3 Å². The Morgan fingerprint density at radius 2 is 1.74 bits per heavy atom. The molecule has 1 heterocycles. The molecule has 2 N–H and O–H groups in total. The van der Waals surface area contributed by atoms with Gasteiger partial charge in [-0.25, -0.2) is 8.78 Å². The zero-order valence-corrected chi connectivity index (χ0v) is 15.0. The van der Waals surface area contributed by atoms with Gasteiger partial charge in [0.25, 0.3) is 0 Å². The molecule has 2 nitrogen and oxygen atoms in total. The Balaban J connectivity index is 1.75. The number of nitrogens with two attached hydrogens (primary N) is 1. The number of rotatable bonds is 4. The van der Waals surface area contributed by atoms with Crippen LogP contribution in [0.15, 0.2) is 66.7 Å². The van der Waals surface area contributed by atoms with E-state index >= 15 is 0 Å². The van der Waals surface area contributed by atoms with Gasteiger partial charge in [0.05, 0.1) is 0 Å².